The van der Waals surface area contributed by atoms with Gasteiger partial charge in [-0.1, -0.05) is 55.5 Å². The second-order valence-electron chi connectivity index (χ2n) is 10.6. The number of anilines is 1. The molecule has 0 aliphatic carbocycles. The van der Waals surface area contributed by atoms with E-state index in [1.54, 1.807) is 74.7 Å². The summed E-state index contributed by atoms with van der Waals surface area (Å²) in [6, 6.07) is 29.8. The summed E-state index contributed by atoms with van der Waals surface area (Å²) < 4.78 is 40.4. The van der Waals surface area contributed by atoms with Crippen LogP contribution in [-0.4, -0.2) is 50.9 Å². The molecule has 0 saturated carbocycles. The number of amides is 2. The summed E-state index contributed by atoms with van der Waals surface area (Å²) >= 11 is 0. The molecule has 0 radical (unpaired) electrons. The molecule has 2 atom stereocenters. The van der Waals surface area contributed by atoms with E-state index in [0.29, 0.717) is 17.2 Å². The first-order chi connectivity index (χ1) is 21.6. The number of hydrogen-bond donors (Lipinski definition) is 1. The van der Waals surface area contributed by atoms with E-state index < -0.39 is 28.5 Å². The van der Waals surface area contributed by atoms with Crippen LogP contribution in [0.15, 0.2) is 114 Å². The monoisotopic (exact) mass is 629 g/mol. The molecule has 4 aromatic carbocycles. The predicted molar refractivity (Wildman–Crippen MR) is 175 cm³/mol. The van der Waals surface area contributed by atoms with E-state index >= 15 is 0 Å². The third kappa shape index (κ3) is 8.63. The van der Waals surface area contributed by atoms with Crippen molar-refractivity contribution in [3.8, 4) is 17.2 Å². The van der Waals surface area contributed by atoms with Gasteiger partial charge in [-0.15, -0.1) is 0 Å². The maximum absolute atomic E-state index is 14.2. The Morgan fingerprint density at radius 1 is 0.800 bits per heavy atom. The van der Waals surface area contributed by atoms with E-state index in [2.05, 4.69) is 5.32 Å². The highest BCUT2D eigenvalue weighted by Gasteiger charge is 2.32. The van der Waals surface area contributed by atoms with Gasteiger partial charge >= 0.3 is 0 Å². The number of para-hydroxylation sites is 1. The molecule has 0 spiro atoms. The average molecular weight is 630 g/mol. The van der Waals surface area contributed by atoms with Gasteiger partial charge in [-0.2, -0.15) is 0 Å². The number of benzene rings is 4. The van der Waals surface area contributed by atoms with E-state index in [0.717, 1.165) is 16.3 Å². The lowest BCUT2D eigenvalue weighted by Gasteiger charge is -2.32. The van der Waals surface area contributed by atoms with Gasteiger partial charge in [-0.25, -0.2) is 8.42 Å². The molecule has 1 N–H and O–H groups in total. The molecule has 0 unspecified atom stereocenters. The fraction of sp³-hybridized carbons (Fsp3) is 0.257. The standard InChI is InChI=1S/C35H39N3O6S/c1-5-26(2)36-35(40)27(3)37(24-28-13-12-16-32(23-28)43-4)34(39)25-38(45(41,42)33-17-10-7-11-18-33)29-19-21-31(22-20-29)44-30-14-8-6-9-15-30/h6-23,26-27H,5,24-25H2,1-4H3,(H,36,40)/t26-,27+/m0/s1. The lowest BCUT2D eigenvalue weighted by molar-refractivity contribution is -0.139. The van der Waals surface area contributed by atoms with E-state index in [-0.39, 0.29) is 29.1 Å². The summed E-state index contributed by atoms with van der Waals surface area (Å²) in [6.45, 7) is 5.01. The molecule has 0 saturated heterocycles. The van der Waals surface area contributed by atoms with Crippen molar-refractivity contribution in [1.82, 2.24) is 10.2 Å². The van der Waals surface area contributed by atoms with Crippen LogP contribution in [0.25, 0.3) is 0 Å². The van der Waals surface area contributed by atoms with Crippen molar-refractivity contribution in [2.75, 3.05) is 18.0 Å². The summed E-state index contributed by atoms with van der Waals surface area (Å²) in [4.78, 5) is 28.8. The molecule has 10 heteroatoms. The smallest absolute Gasteiger partial charge is 0.264 e. The molecular formula is C35H39N3O6S. The number of ether oxygens (including phenoxy) is 2. The number of rotatable bonds is 14. The predicted octanol–water partition coefficient (Wildman–Crippen LogP) is 6.01. The highest BCUT2D eigenvalue weighted by Crippen LogP contribution is 2.28. The second kappa shape index (κ2) is 15.3. The van der Waals surface area contributed by atoms with Gasteiger partial charge in [0, 0.05) is 12.6 Å². The quantitative estimate of drug-likeness (QED) is 0.183. The summed E-state index contributed by atoms with van der Waals surface area (Å²) in [5.41, 5.74) is 0.997. The highest BCUT2D eigenvalue weighted by atomic mass is 32.2. The largest absolute Gasteiger partial charge is 0.497 e. The maximum atomic E-state index is 14.2. The van der Waals surface area contributed by atoms with Crippen LogP contribution >= 0.6 is 0 Å². The molecule has 0 bridgehead atoms. The summed E-state index contributed by atoms with van der Waals surface area (Å²) in [5.74, 6) is 0.854. The third-order valence-electron chi connectivity index (χ3n) is 7.37. The number of carbonyl (C=O) groups is 2. The fourth-order valence-corrected chi connectivity index (χ4v) is 6.00. The Labute approximate surface area is 265 Å². The maximum Gasteiger partial charge on any atom is 0.264 e. The molecule has 2 amide bonds. The van der Waals surface area contributed by atoms with Crippen molar-refractivity contribution in [2.24, 2.45) is 0 Å². The van der Waals surface area contributed by atoms with Crippen LogP contribution in [0.1, 0.15) is 32.8 Å². The first-order valence-corrected chi connectivity index (χ1v) is 16.2. The third-order valence-corrected chi connectivity index (χ3v) is 9.16. The Kier molecular flexibility index (Phi) is 11.2. The highest BCUT2D eigenvalue weighted by molar-refractivity contribution is 7.92. The van der Waals surface area contributed by atoms with Crippen LogP contribution < -0.4 is 19.1 Å². The molecule has 0 heterocycles. The van der Waals surface area contributed by atoms with Gasteiger partial charge in [0.25, 0.3) is 10.0 Å². The van der Waals surface area contributed by atoms with E-state index in [9.17, 15) is 18.0 Å². The SMILES string of the molecule is CC[C@H](C)NC(=O)[C@@H](C)N(Cc1cccc(OC)c1)C(=O)CN(c1ccc(Oc2ccccc2)cc1)S(=O)(=O)c1ccccc1. The van der Waals surface area contributed by atoms with Crippen LogP contribution in [0.4, 0.5) is 5.69 Å². The summed E-state index contributed by atoms with van der Waals surface area (Å²) in [6.07, 6.45) is 0.718. The van der Waals surface area contributed by atoms with Crippen molar-refractivity contribution in [3.05, 3.63) is 115 Å². The second-order valence-corrected chi connectivity index (χ2v) is 12.5. The minimum atomic E-state index is -4.18. The Morgan fingerprint density at radius 2 is 1.40 bits per heavy atom. The molecule has 4 aromatic rings. The average Bonchev–Trinajstić information content (AvgIpc) is 3.07. The number of sulfonamides is 1. The Balaban J connectivity index is 1.69. The van der Waals surface area contributed by atoms with Crippen LogP contribution in [0, 0.1) is 0 Å². The molecule has 0 fully saturated rings. The summed E-state index contributed by atoms with van der Waals surface area (Å²) in [7, 11) is -2.63. The molecule has 0 aromatic heterocycles. The molecule has 9 nitrogen and oxygen atoms in total. The van der Waals surface area contributed by atoms with Gasteiger partial charge in [0.15, 0.2) is 0 Å². The minimum absolute atomic E-state index is 0.0318. The molecule has 0 aliphatic rings. The topological polar surface area (TPSA) is 105 Å². The van der Waals surface area contributed by atoms with Gasteiger partial charge in [0.2, 0.25) is 11.8 Å². The molecule has 4 rings (SSSR count). The fourth-order valence-electron chi connectivity index (χ4n) is 4.57. The van der Waals surface area contributed by atoms with Crippen LogP contribution in [0.2, 0.25) is 0 Å². The number of nitrogens with zero attached hydrogens (tertiary/aromatic N) is 2. The van der Waals surface area contributed by atoms with Crippen LogP contribution in [0.3, 0.4) is 0 Å². The first-order valence-electron chi connectivity index (χ1n) is 14.8. The normalized spacial score (nSPS) is 12.4. The van der Waals surface area contributed by atoms with Gasteiger partial charge in [0.05, 0.1) is 17.7 Å². The molecular weight excluding hydrogens is 590 g/mol. The Bertz CT molecular complexity index is 1660. The van der Waals surface area contributed by atoms with Gasteiger partial charge in [-0.05, 0) is 86.5 Å². The molecule has 0 aliphatic heterocycles. The minimum Gasteiger partial charge on any atom is -0.497 e. The van der Waals surface area contributed by atoms with Crippen LogP contribution in [-0.2, 0) is 26.2 Å². The van der Waals surface area contributed by atoms with Crippen molar-refractivity contribution >= 4 is 27.5 Å². The van der Waals surface area contributed by atoms with Crippen molar-refractivity contribution in [2.45, 2.75) is 50.7 Å². The number of carbonyl (C=O) groups excluding carboxylic acids is 2. The number of nitrogens with one attached hydrogen (secondary N) is 1. The zero-order chi connectivity index (χ0) is 32.4. The van der Waals surface area contributed by atoms with E-state index in [1.807, 2.05) is 50.2 Å². The Hall–Kier alpha value is -4.83. The number of methoxy groups -OCH3 is 1. The van der Waals surface area contributed by atoms with Gasteiger partial charge in [-0.3, -0.25) is 13.9 Å². The number of hydrogen-bond acceptors (Lipinski definition) is 6. The molecule has 45 heavy (non-hydrogen) atoms. The van der Waals surface area contributed by atoms with E-state index in [1.165, 1.54) is 17.0 Å². The van der Waals surface area contributed by atoms with Gasteiger partial charge < -0.3 is 19.7 Å². The zero-order valence-corrected chi connectivity index (χ0v) is 26.7. The van der Waals surface area contributed by atoms with E-state index in [4.69, 9.17) is 9.47 Å². The van der Waals surface area contributed by atoms with Crippen molar-refractivity contribution < 1.29 is 27.5 Å². The summed E-state index contributed by atoms with van der Waals surface area (Å²) in [5, 5.41) is 2.94. The Morgan fingerprint density at radius 3 is 2.02 bits per heavy atom. The first kappa shape index (κ1) is 33.1. The lowest BCUT2D eigenvalue weighted by Crippen LogP contribution is -2.52. The van der Waals surface area contributed by atoms with Crippen LogP contribution in [0.5, 0.6) is 17.2 Å². The lowest BCUT2D eigenvalue weighted by atomic mass is 10.1. The van der Waals surface area contributed by atoms with Crippen molar-refractivity contribution in [1.29, 1.82) is 0 Å². The van der Waals surface area contributed by atoms with Gasteiger partial charge in [0.1, 0.15) is 29.8 Å². The van der Waals surface area contributed by atoms with Crippen molar-refractivity contribution in [3.63, 3.8) is 0 Å². The molecule has 236 valence electrons. The zero-order valence-electron chi connectivity index (χ0n) is 25.9.